The molecule has 1 saturated carbocycles. The van der Waals surface area contributed by atoms with Crippen LogP contribution >= 0.6 is 27.5 Å². The Kier molecular flexibility index (Phi) is 8.56. The predicted octanol–water partition coefficient (Wildman–Crippen LogP) is 6.99. The zero-order valence-corrected chi connectivity index (χ0v) is 22.0. The lowest BCUT2D eigenvalue weighted by molar-refractivity contribution is -0.384. The summed E-state index contributed by atoms with van der Waals surface area (Å²) in [6.45, 7) is 0. The van der Waals surface area contributed by atoms with Crippen LogP contribution in [0.4, 0.5) is 15.8 Å². The van der Waals surface area contributed by atoms with Gasteiger partial charge in [-0.15, -0.1) is 0 Å². The van der Waals surface area contributed by atoms with Gasteiger partial charge >= 0.3 is 0 Å². The van der Waals surface area contributed by atoms with E-state index in [4.69, 9.17) is 11.6 Å². The number of anilines is 1. The van der Waals surface area contributed by atoms with Crippen molar-refractivity contribution in [2.45, 2.75) is 44.2 Å². The van der Waals surface area contributed by atoms with Gasteiger partial charge < -0.3 is 5.32 Å². The van der Waals surface area contributed by atoms with Gasteiger partial charge in [0.05, 0.1) is 9.95 Å². The van der Waals surface area contributed by atoms with Crippen LogP contribution in [-0.4, -0.2) is 22.8 Å². The third-order valence-electron chi connectivity index (χ3n) is 6.35. The lowest BCUT2D eigenvalue weighted by Crippen LogP contribution is -2.47. The highest BCUT2D eigenvalue weighted by Gasteiger charge is 2.35. The number of nitrogens with zero attached hydrogens (tertiary/aromatic N) is 2. The van der Waals surface area contributed by atoms with Crippen LogP contribution < -0.4 is 10.2 Å². The first-order valence-electron chi connectivity index (χ1n) is 11.8. The zero-order chi connectivity index (χ0) is 26.5. The Morgan fingerprint density at radius 1 is 1.05 bits per heavy atom. The first-order valence-corrected chi connectivity index (χ1v) is 13.0. The normalized spacial score (nSPS) is 14.6. The molecule has 1 atom stereocenters. The molecule has 0 spiro atoms. The maximum atomic E-state index is 14.1. The monoisotopic (exact) mass is 587 g/mol. The average Bonchev–Trinajstić information content (AvgIpc) is 2.90. The van der Waals surface area contributed by atoms with Crippen molar-refractivity contribution in [2.75, 3.05) is 4.90 Å². The lowest BCUT2D eigenvalue weighted by atomic mass is 9.94. The van der Waals surface area contributed by atoms with E-state index in [-0.39, 0.29) is 28.0 Å². The molecule has 1 aliphatic carbocycles. The summed E-state index contributed by atoms with van der Waals surface area (Å²) in [7, 11) is 0. The quantitative estimate of drug-likeness (QED) is 0.238. The number of hydrogen-bond acceptors (Lipinski definition) is 4. The summed E-state index contributed by atoms with van der Waals surface area (Å²) in [6.07, 6.45) is 4.77. The molecule has 4 rings (SSSR count). The van der Waals surface area contributed by atoms with Gasteiger partial charge in [0.25, 0.3) is 11.6 Å². The third kappa shape index (κ3) is 6.34. The molecule has 0 heterocycles. The van der Waals surface area contributed by atoms with E-state index in [1.54, 1.807) is 24.3 Å². The van der Waals surface area contributed by atoms with Crippen molar-refractivity contribution in [3.63, 3.8) is 0 Å². The van der Waals surface area contributed by atoms with Gasteiger partial charge in [-0.05, 0) is 54.8 Å². The van der Waals surface area contributed by atoms with Crippen molar-refractivity contribution in [1.29, 1.82) is 0 Å². The molecule has 192 valence electrons. The SMILES string of the molecule is O=C(NC1CCCCC1)C(c1ccc(Br)cc1)N(C(=O)c1cccc([N+](=O)[O-])c1)c1ccc(F)c(Cl)c1. The fraction of sp³-hybridized carbons (Fsp3) is 0.259. The van der Waals surface area contributed by atoms with E-state index in [9.17, 15) is 24.1 Å². The highest BCUT2D eigenvalue weighted by Crippen LogP contribution is 2.34. The molecule has 0 aromatic heterocycles. The standard InChI is InChI=1S/C27H24BrClFN3O4/c28-19-11-9-17(10-12-19)25(26(34)31-20-6-2-1-3-7-20)32(21-13-14-24(30)23(29)16-21)27(35)18-5-4-8-22(15-18)33(36)37/h4-5,8-16,20,25H,1-3,6-7H2,(H,31,34). The van der Waals surface area contributed by atoms with E-state index in [0.29, 0.717) is 5.56 Å². The number of rotatable bonds is 7. The Morgan fingerprint density at radius 3 is 2.41 bits per heavy atom. The number of carbonyl (C=O) groups excluding carboxylic acids is 2. The molecule has 7 nitrogen and oxygen atoms in total. The molecule has 10 heteroatoms. The average molecular weight is 589 g/mol. The summed E-state index contributed by atoms with van der Waals surface area (Å²) in [5.41, 5.74) is 0.419. The zero-order valence-electron chi connectivity index (χ0n) is 19.7. The fourth-order valence-electron chi connectivity index (χ4n) is 4.50. The van der Waals surface area contributed by atoms with Gasteiger partial charge in [0.1, 0.15) is 11.9 Å². The minimum Gasteiger partial charge on any atom is -0.351 e. The Hall–Kier alpha value is -3.30. The molecule has 37 heavy (non-hydrogen) atoms. The Labute approximate surface area is 226 Å². The number of hydrogen-bond donors (Lipinski definition) is 1. The second-order valence-electron chi connectivity index (χ2n) is 8.88. The second-order valence-corrected chi connectivity index (χ2v) is 10.2. The first-order chi connectivity index (χ1) is 17.7. The Morgan fingerprint density at radius 2 is 1.76 bits per heavy atom. The minimum atomic E-state index is -1.15. The van der Waals surface area contributed by atoms with Gasteiger partial charge in [-0.25, -0.2) is 4.39 Å². The maximum Gasteiger partial charge on any atom is 0.270 e. The highest BCUT2D eigenvalue weighted by atomic mass is 79.9. The molecular formula is C27H24BrClFN3O4. The van der Waals surface area contributed by atoms with E-state index in [1.807, 2.05) is 0 Å². The van der Waals surface area contributed by atoms with Crippen LogP contribution in [0, 0.1) is 15.9 Å². The van der Waals surface area contributed by atoms with Crippen molar-refractivity contribution >= 4 is 50.7 Å². The molecule has 1 fully saturated rings. The summed E-state index contributed by atoms with van der Waals surface area (Å²) < 4.78 is 14.9. The molecule has 0 saturated heterocycles. The summed E-state index contributed by atoms with van der Waals surface area (Å²) in [6, 6.07) is 14.8. The summed E-state index contributed by atoms with van der Waals surface area (Å²) in [4.78, 5) is 39.8. The molecule has 0 aliphatic heterocycles. The minimum absolute atomic E-state index is 0.00206. The Bertz CT molecular complexity index is 1320. The number of nitrogens with one attached hydrogen (secondary N) is 1. The van der Waals surface area contributed by atoms with Crippen LogP contribution in [-0.2, 0) is 4.79 Å². The molecule has 3 aromatic rings. The van der Waals surface area contributed by atoms with Crippen LogP contribution in [0.25, 0.3) is 0 Å². The van der Waals surface area contributed by atoms with E-state index < -0.39 is 28.6 Å². The van der Waals surface area contributed by atoms with Crippen LogP contribution in [0.15, 0.2) is 71.2 Å². The number of halogens is 3. The van der Waals surface area contributed by atoms with Gasteiger partial charge in [-0.1, -0.05) is 65.0 Å². The first kappa shape index (κ1) is 26.8. The maximum absolute atomic E-state index is 14.1. The number of carbonyl (C=O) groups is 2. The van der Waals surface area contributed by atoms with E-state index in [0.717, 1.165) is 48.7 Å². The number of nitro benzene ring substituents is 1. The molecule has 0 bridgehead atoms. The van der Waals surface area contributed by atoms with Crippen LogP contribution in [0.2, 0.25) is 5.02 Å². The Balaban J connectivity index is 1.85. The largest absolute Gasteiger partial charge is 0.351 e. The van der Waals surface area contributed by atoms with Crippen LogP contribution in [0.1, 0.15) is 54.1 Å². The predicted molar refractivity (Wildman–Crippen MR) is 143 cm³/mol. The van der Waals surface area contributed by atoms with Crippen molar-refractivity contribution in [3.05, 3.63) is 103 Å². The van der Waals surface area contributed by atoms with Crippen molar-refractivity contribution in [3.8, 4) is 0 Å². The second kappa shape index (κ2) is 11.8. The topological polar surface area (TPSA) is 92.6 Å². The molecule has 2 amide bonds. The third-order valence-corrected chi connectivity index (χ3v) is 7.17. The van der Waals surface area contributed by atoms with Crippen LogP contribution in [0.5, 0.6) is 0 Å². The molecule has 3 aromatic carbocycles. The van der Waals surface area contributed by atoms with E-state index in [2.05, 4.69) is 21.2 Å². The van der Waals surface area contributed by atoms with Gasteiger partial charge in [0, 0.05) is 33.9 Å². The smallest absolute Gasteiger partial charge is 0.270 e. The van der Waals surface area contributed by atoms with Gasteiger partial charge in [0.2, 0.25) is 5.91 Å². The number of benzene rings is 3. The summed E-state index contributed by atoms with van der Waals surface area (Å²) in [5.74, 6) is -1.76. The van der Waals surface area contributed by atoms with Crippen molar-refractivity contribution in [2.24, 2.45) is 0 Å². The molecular weight excluding hydrogens is 565 g/mol. The van der Waals surface area contributed by atoms with E-state index in [1.165, 1.54) is 35.2 Å². The van der Waals surface area contributed by atoms with Gasteiger partial charge in [0.15, 0.2) is 0 Å². The highest BCUT2D eigenvalue weighted by molar-refractivity contribution is 9.10. The molecule has 1 N–H and O–H groups in total. The van der Waals surface area contributed by atoms with Gasteiger partial charge in [-0.3, -0.25) is 24.6 Å². The fourth-order valence-corrected chi connectivity index (χ4v) is 4.94. The number of non-ortho nitro benzene ring substituents is 1. The van der Waals surface area contributed by atoms with E-state index >= 15 is 0 Å². The number of nitro groups is 1. The number of amides is 2. The summed E-state index contributed by atoms with van der Waals surface area (Å²) >= 11 is 9.47. The molecule has 1 unspecified atom stereocenters. The van der Waals surface area contributed by atoms with Gasteiger partial charge in [-0.2, -0.15) is 0 Å². The summed E-state index contributed by atoms with van der Waals surface area (Å²) in [5, 5.41) is 14.2. The molecule has 0 radical (unpaired) electrons. The lowest BCUT2D eigenvalue weighted by Gasteiger charge is -2.33. The van der Waals surface area contributed by atoms with Crippen molar-refractivity contribution < 1.29 is 18.9 Å². The molecule has 1 aliphatic rings. The van der Waals surface area contributed by atoms with Crippen LogP contribution in [0.3, 0.4) is 0 Å². The van der Waals surface area contributed by atoms with Crippen molar-refractivity contribution in [1.82, 2.24) is 5.32 Å².